The second-order valence-electron chi connectivity index (χ2n) is 8.03. The van der Waals surface area contributed by atoms with Gasteiger partial charge in [0.05, 0.1) is 21.2 Å². The Morgan fingerprint density at radius 2 is 2.00 bits per heavy atom. The Morgan fingerprint density at radius 3 is 2.77 bits per heavy atom. The number of hydrogen-bond acceptors (Lipinski definition) is 5. The zero-order chi connectivity index (χ0) is 21.0. The van der Waals surface area contributed by atoms with Gasteiger partial charge in [0, 0.05) is 25.2 Å². The fourth-order valence-corrected chi connectivity index (χ4v) is 7.58. The van der Waals surface area contributed by atoms with Gasteiger partial charge < -0.3 is 4.90 Å². The first-order valence-corrected chi connectivity index (χ1v) is 12.4. The molecular formula is C22H23N3O3S2. The minimum Gasteiger partial charge on any atom is -0.309 e. The second-order valence-corrected chi connectivity index (χ2v) is 11.0. The lowest BCUT2D eigenvalue weighted by Crippen LogP contribution is -2.33. The van der Waals surface area contributed by atoms with E-state index in [1.807, 2.05) is 31.2 Å². The molecule has 2 aliphatic rings. The van der Waals surface area contributed by atoms with Crippen molar-refractivity contribution in [3.63, 3.8) is 0 Å². The summed E-state index contributed by atoms with van der Waals surface area (Å²) in [7, 11) is -3.65. The third-order valence-electron chi connectivity index (χ3n) is 6.01. The smallest absolute Gasteiger partial charge is 0.243 e. The van der Waals surface area contributed by atoms with E-state index in [-0.39, 0.29) is 18.0 Å². The molecule has 2 unspecified atom stereocenters. The van der Waals surface area contributed by atoms with Gasteiger partial charge in [-0.1, -0.05) is 12.1 Å². The standard InChI is InChI=1S/C22H23N3O3S2/c1-14-12-16-13-17(9-10-19(16)25(14)15(2)26)30(27,28)24-11-5-7-20(24)22-23-18-6-3-4-8-21(18)29-22/h3-4,6,8-10,13-14,20H,5,7,11-12H2,1-2H3. The average Bonchev–Trinajstić information content (AvgIpc) is 3.42. The highest BCUT2D eigenvalue weighted by atomic mass is 32.2. The molecule has 1 aromatic heterocycles. The van der Waals surface area contributed by atoms with Crippen LogP contribution in [-0.2, 0) is 21.2 Å². The summed E-state index contributed by atoms with van der Waals surface area (Å²) in [5.41, 5.74) is 2.64. The van der Waals surface area contributed by atoms with Crippen LogP contribution in [0.5, 0.6) is 0 Å². The molecule has 1 amide bonds. The van der Waals surface area contributed by atoms with Crippen LogP contribution in [-0.4, -0.2) is 36.2 Å². The van der Waals surface area contributed by atoms with Crippen molar-refractivity contribution < 1.29 is 13.2 Å². The van der Waals surface area contributed by atoms with Gasteiger partial charge in [-0.25, -0.2) is 13.4 Å². The Balaban J connectivity index is 1.50. The summed E-state index contributed by atoms with van der Waals surface area (Å²) >= 11 is 1.57. The van der Waals surface area contributed by atoms with E-state index in [2.05, 4.69) is 0 Å². The van der Waals surface area contributed by atoms with Crippen molar-refractivity contribution in [3.05, 3.63) is 53.0 Å². The number of sulfonamides is 1. The Labute approximate surface area is 180 Å². The Kier molecular flexibility index (Phi) is 4.68. The second kappa shape index (κ2) is 7.14. The number of para-hydroxylation sites is 1. The van der Waals surface area contributed by atoms with Gasteiger partial charge >= 0.3 is 0 Å². The maximum atomic E-state index is 13.6. The van der Waals surface area contributed by atoms with Gasteiger partial charge in [0.2, 0.25) is 15.9 Å². The number of aromatic nitrogens is 1. The van der Waals surface area contributed by atoms with Gasteiger partial charge in [0.1, 0.15) is 5.01 Å². The van der Waals surface area contributed by atoms with Gasteiger partial charge in [-0.15, -0.1) is 11.3 Å². The van der Waals surface area contributed by atoms with Gasteiger partial charge in [-0.3, -0.25) is 4.79 Å². The summed E-state index contributed by atoms with van der Waals surface area (Å²) in [6, 6.07) is 12.9. The minimum absolute atomic E-state index is 0.0210. The number of benzene rings is 2. The predicted octanol–water partition coefficient (Wildman–Crippen LogP) is 4.12. The Morgan fingerprint density at radius 1 is 1.20 bits per heavy atom. The van der Waals surface area contributed by atoms with E-state index >= 15 is 0 Å². The summed E-state index contributed by atoms with van der Waals surface area (Å²) in [5.74, 6) is -0.0210. The van der Waals surface area contributed by atoms with E-state index in [1.165, 1.54) is 0 Å². The van der Waals surface area contributed by atoms with Gasteiger partial charge in [-0.05, 0) is 62.1 Å². The Hall–Kier alpha value is -2.29. The number of anilines is 1. The van der Waals surface area contributed by atoms with Crippen molar-refractivity contribution in [1.29, 1.82) is 0 Å². The number of amides is 1. The largest absolute Gasteiger partial charge is 0.309 e. The molecule has 2 aliphatic heterocycles. The highest BCUT2D eigenvalue weighted by molar-refractivity contribution is 7.89. The number of fused-ring (bicyclic) bond motifs is 2. The summed E-state index contributed by atoms with van der Waals surface area (Å²) in [4.78, 5) is 18.7. The topological polar surface area (TPSA) is 70.6 Å². The molecule has 2 aromatic carbocycles. The third kappa shape index (κ3) is 3.05. The van der Waals surface area contributed by atoms with E-state index in [0.29, 0.717) is 17.9 Å². The van der Waals surface area contributed by atoms with E-state index in [0.717, 1.165) is 39.3 Å². The fraction of sp³-hybridized carbons (Fsp3) is 0.364. The Bertz CT molecular complexity index is 1220. The molecule has 6 nitrogen and oxygen atoms in total. The molecule has 0 spiro atoms. The average molecular weight is 442 g/mol. The minimum atomic E-state index is -3.65. The molecule has 0 N–H and O–H groups in total. The normalized spacial score (nSPS) is 22.0. The first-order chi connectivity index (χ1) is 14.4. The van der Waals surface area contributed by atoms with Crippen LogP contribution in [0.15, 0.2) is 47.4 Å². The first-order valence-electron chi connectivity index (χ1n) is 10.2. The van der Waals surface area contributed by atoms with Gasteiger partial charge in [0.15, 0.2) is 0 Å². The molecule has 2 atom stereocenters. The number of hydrogen-bond donors (Lipinski definition) is 0. The molecule has 0 bridgehead atoms. The van der Waals surface area contributed by atoms with Gasteiger partial charge in [0.25, 0.3) is 0 Å². The van der Waals surface area contributed by atoms with Crippen LogP contribution >= 0.6 is 11.3 Å². The number of thiazole rings is 1. The van der Waals surface area contributed by atoms with Gasteiger partial charge in [-0.2, -0.15) is 4.31 Å². The van der Waals surface area contributed by atoms with Crippen molar-refractivity contribution in [2.24, 2.45) is 0 Å². The van der Waals surface area contributed by atoms with Crippen LogP contribution in [0.25, 0.3) is 10.2 Å². The van der Waals surface area contributed by atoms with Crippen LogP contribution in [0.2, 0.25) is 0 Å². The molecule has 8 heteroatoms. The van der Waals surface area contributed by atoms with Crippen LogP contribution < -0.4 is 4.90 Å². The fourth-order valence-electron chi connectivity index (χ4n) is 4.69. The summed E-state index contributed by atoms with van der Waals surface area (Å²) < 4.78 is 29.8. The maximum absolute atomic E-state index is 13.6. The zero-order valence-electron chi connectivity index (χ0n) is 16.9. The van der Waals surface area contributed by atoms with Crippen molar-refractivity contribution in [1.82, 2.24) is 9.29 Å². The number of carbonyl (C=O) groups is 1. The lowest BCUT2D eigenvalue weighted by molar-refractivity contribution is -0.116. The molecule has 0 radical (unpaired) electrons. The predicted molar refractivity (Wildman–Crippen MR) is 118 cm³/mol. The molecule has 3 heterocycles. The number of nitrogens with zero attached hydrogens (tertiary/aromatic N) is 3. The molecule has 30 heavy (non-hydrogen) atoms. The monoisotopic (exact) mass is 441 g/mol. The summed E-state index contributed by atoms with van der Waals surface area (Å²) in [5, 5.41) is 0.856. The molecule has 0 saturated carbocycles. The van der Waals surface area contributed by atoms with Crippen molar-refractivity contribution in [3.8, 4) is 0 Å². The van der Waals surface area contributed by atoms with Crippen molar-refractivity contribution in [2.75, 3.05) is 11.4 Å². The van der Waals surface area contributed by atoms with Crippen LogP contribution in [0.3, 0.4) is 0 Å². The number of carbonyl (C=O) groups excluding carboxylic acids is 1. The maximum Gasteiger partial charge on any atom is 0.243 e. The lowest BCUT2D eigenvalue weighted by Gasteiger charge is -2.23. The molecule has 5 rings (SSSR count). The van der Waals surface area contributed by atoms with E-state index in [1.54, 1.807) is 45.7 Å². The van der Waals surface area contributed by atoms with Crippen LogP contribution in [0, 0.1) is 0 Å². The van der Waals surface area contributed by atoms with Crippen LogP contribution in [0.1, 0.15) is 43.3 Å². The molecule has 156 valence electrons. The first kappa shape index (κ1) is 19.7. The SMILES string of the molecule is CC(=O)N1c2ccc(S(=O)(=O)N3CCCC3c3nc4ccccc4s3)cc2CC1C. The van der Waals surface area contributed by atoms with Crippen molar-refractivity contribution in [2.45, 2.75) is 50.1 Å². The quantitative estimate of drug-likeness (QED) is 0.613. The van der Waals surface area contributed by atoms with E-state index < -0.39 is 10.0 Å². The van der Waals surface area contributed by atoms with E-state index in [4.69, 9.17) is 4.98 Å². The third-order valence-corrected chi connectivity index (χ3v) is 9.05. The zero-order valence-corrected chi connectivity index (χ0v) is 18.5. The van der Waals surface area contributed by atoms with E-state index in [9.17, 15) is 13.2 Å². The molecule has 1 saturated heterocycles. The molecule has 0 aliphatic carbocycles. The highest BCUT2D eigenvalue weighted by Gasteiger charge is 2.39. The van der Waals surface area contributed by atoms with Crippen molar-refractivity contribution >= 4 is 43.2 Å². The van der Waals surface area contributed by atoms with Crippen LogP contribution in [0.4, 0.5) is 5.69 Å². The molecule has 3 aromatic rings. The molecular weight excluding hydrogens is 418 g/mol. The summed E-state index contributed by atoms with van der Waals surface area (Å²) in [6.45, 7) is 4.03. The number of rotatable bonds is 3. The molecule has 1 fully saturated rings. The highest BCUT2D eigenvalue weighted by Crippen LogP contribution is 2.41. The summed E-state index contributed by atoms with van der Waals surface area (Å²) in [6.07, 6.45) is 2.26. The lowest BCUT2D eigenvalue weighted by atomic mass is 10.1.